The van der Waals surface area contributed by atoms with E-state index in [0.29, 0.717) is 35.5 Å². The molecule has 0 bridgehead atoms. The second kappa shape index (κ2) is 10.4. The predicted octanol–water partition coefficient (Wildman–Crippen LogP) is 3.67. The molecule has 0 spiro atoms. The standard InChI is InChI=1S/C26H26N4O3/c1-16-8-10-19(11-9-16)15-28-25(32)21-6-4-5-7-23(21)30-24(31)13-12-20-17(2)22(14-27)26(33)29-18(20)3/h4-11H,12-13,15H2,1-3H3,(H,28,32)(H,29,33)(H,30,31). The van der Waals surface area contributed by atoms with Crippen LogP contribution >= 0.6 is 0 Å². The lowest BCUT2D eigenvalue weighted by molar-refractivity contribution is -0.116. The molecule has 3 aromatic rings. The van der Waals surface area contributed by atoms with Gasteiger partial charge in [0.1, 0.15) is 11.6 Å². The SMILES string of the molecule is Cc1ccc(CNC(=O)c2ccccc2NC(=O)CCc2c(C)[nH]c(=O)c(C#N)c2C)cc1. The Labute approximate surface area is 192 Å². The number of pyridine rings is 1. The summed E-state index contributed by atoms with van der Waals surface area (Å²) in [5.74, 6) is -0.547. The Hall–Kier alpha value is -4.18. The highest BCUT2D eigenvalue weighted by molar-refractivity contribution is 6.03. The number of aryl methyl sites for hydroxylation is 2. The third kappa shape index (κ3) is 5.74. The smallest absolute Gasteiger partial charge is 0.266 e. The zero-order valence-corrected chi connectivity index (χ0v) is 18.9. The number of para-hydroxylation sites is 1. The molecule has 1 heterocycles. The van der Waals surface area contributed by atoms with E-state index in [1.165, 1.54) is 0 Å². The van der Waals surface area contributed by atoms with Crippen molar-refractivity contribution in [3.05, 3.63) is 98.0 Å². The molecule has 168 valence electrons. The van der Waals surface area contributed by atoms with Crippen molar-refractivity contribution in [2.75, 3.05) is 5.32 Å². The van der Waals surface area contributed by atoms with Crippen LogP contribution in [0.1, 0.15) is 50.3 Å². The van der Waals surface area contributed by atoms with Crippen LogP contribution in [-0.2, 0) is 17.8 Å². The number of aromatic amines is 1. The molecule has 0 aliphatic heterocycles. The summed E-state index contributed by atoms with van der Waals surface area (Å²) in [6.07, 6.45) is 0.495. The van der Waals surface area contributed by atoms with Crippen LogP contribution in [-0.4, -0.2) is 16.8 Å². The fourth-order valence-corrected chi connectivity index (χ4v) is 3.65. The number of H-pyrrole nitrogens is 1. The molecule has 0 aliphatic rings. The Morgan fingerprint density at radius 2 is 1.73 bits per heavy atom. The van der Waals surface area contributed by atoms with Gasteiger partial charge in [0.25, 0.3) is 11.5 Å². The van der Waals surface area contributed by atoms with Gasteiger partial charge >= 0.3 is 0 Å². The predicted molar refractivity (Wildman–Crippen MR) is 127 cm³/mol. The zero-order chi connectivity index (χ0) is 24.0. The van der Waals surface area contributed by atoms with Gasteiger partial charge in [-0.15, -0.1) is 0 Å². The molecule has 0 saturated heterocycles. The van der Waals surface area contributed by atoms with E-state index in [2.05, 4.69) is 15.6 Å². The molecule has 0 radical (unpaired) electrons. The highest BCUT2D eigenvalue weighted by Crippen LogP contribution is 2.18. The molecule has 0 aliphatic carbocycles. The summed E-state index contributed by atoms with van der Waals surface area (Å²) in [5, 5.41) is 14.9. The summed E-state index contributed by atoms with van der Waals surface area (Å²) in [6, 6.07) is 16.7. The second-order valence-electron chi connectivity index (χ2n) is 7.93. The number of aromatic nitrogens is 1. The summed E-state index contributed by atoms with van der Waals surface area (Å²) < 4.78 is 0. The maximum Gasteiger partial charge on any atom is 0.266 e. The van der Waals surface area contributed by atoms with Crippen molar-refractivity contribution in [1.82, 2.24) is 10.3 Å². The van der Waals surface area contributed by atoms with Crippen molar-refractivity contribution in [2.45, 2.75) is 40.2 Å². The van der Waals surface area contributed by atoms with Gasteiger partial charge in [-0.1, -0.05) is 42.0 Å². The van der Waals surface area contributed by atoms with E-state index < -0.39 is 5.56 Å². The van der Waals surface area contributed by atoms with E-state index >= 15 is 0 Å². The number of nitriles is 1. The molecule has 2 aromatic carbocycles. The number of benzene rings is 2. The maximum atomic E-state index is 12.7. The van der Waals surface area contributed by atoms with E-state index in [9.17, 15) is 19.6 Å². The summed E-state index contributed by atoms with van der Waals surface area (Å²) in [4.78, 5) is 39.9. The van der Waals surface area contributed by atoms with Gasteiger partial charge in [0.05, 0.1) is 11.3 Å². The van der Waals surface area contributed by atoms with Crippen LogP contribution < -0.4 is 16.2 Å². The first kappa shape index (κ1) is 23.5. The number of carbonyl (C=O) groups excluding carboxylic acids is 2. The topological polar surface area (TPSA) is 115 Å². The number of carbonyl (C=O) groups is 2. The first-order chi connectivity index (χ1) is 15.8. The van der Waals surface area contributed by atoms with Crippen LogP contribution in [0.15, 0.2) is 53.3 Å². The lowest BCUT2D eigenvalue weighted by atomic mass is 9.99. The van der Waals surface area contributed by atoms with Gasteiger partial charge < -0.3 is 15.6 Å². The first-order valence-electron chi connectivity index (χ1n) is 10.6. The zero-order valence-electron chi connectivity index (χ0n) is 18.9. The van der Waals surface area contributed by atoms with E-state index in [4.69, 9.17) is 0 Å². The first-order valence-corrected chi connectivity index (χ1v) is 10.6. The number of amides is 2. The highest BCUT2D eigenvalue weighted by Gasteiger charge is 2.16. The minimum Gasteiger partial charge on any atom is -0.348 e. The van der Waals surface area contributed by atoms with Gasteiger partial charge in [0.2, 0.25) is 5.91 Å². The minimum absolute atomic E-state index is 0.0617. The lowest BCUT2D eigenvalue weighted by Gasteiger charge is -2.13. The van der Waals surface area contributed by atoms with Crippen LogP contribution in [0.2, 0.25) is 0 Å². The summed E-state index contributed by atoms with van der Waals surface area (Å²) >= 11 is 0. The van der Waals surface area contributed by atoms with E-state index in [1.807, 2.05) is 37.3 Å². The van der Waals surface area contributed by atoms with Crippen LogP contribution in [0, 0.1) is 32.1 Å². The highest BCUT2D eigenvalue weighted by atomic mass is 16.2. The van der Waals surface area contributed by atoms with Crippen LogP contribution in [0.3, 0.4) is 0 Å². The summed E-state index contributed by atoms with van der Waals surface area (Å²) in [5.41, 5.74) is 4.57. The van der Waals surface area contributed by atoms with E-state index in [0.717, 1.165) is 16.7 Å². The van der Waals surface area contributed by atoms with Crippen molar-refractivity contribution in [3.8, 4) is 6.07 Å². The Morgan fingerprint density at radius 1 is 1.03 bits per heavy atom. The quantitative estimate of drug-likeness (QED) is 0.518. The number of rotatable bonds is 7. The molecule has 1 aromatic heterocycles. The lowest BCUT2D eigenvalue weighted by Crippen LogP contribution is -2.25. The average Bonchev–Trinajstić information content (AvgIpc) is 2.78. The molecule has 33 heavy (non-hydrogen) atoms. The molecule has 3 N–H and O–H groups in total. The van der Waals surface area contributed by atoms with Gasteiger partial charge in [-0.3, -0.25) is 14.4 Å². The maximum absolute atomic E-state index is 12.7. The fourth-order valence-electron chi connectivity index (χ4n) is 3.65. The Kier molecular flexibility index (Phi) is 7.42. The summed E-state index contributed by atoms with van der Waals surface area (Å²) in [7, 11) is 0. The van der Waals surface area contributed by atoms with Gasteiger partial charge in [0.15, 0.2) is 0 Å². The molecular formula is C26H26N4O3. The number of nitrogens with one attached hydrogen (secondary N) is 3. The summed E-state index contributed by atoms with van der Waals surface area (Å²) in [6.45, 7) is 5.84. The minimum atomic E-state index is -0.425. The van der Waals surface area contributed by atoms with Crippen molar-refractivity contribution in [1.29, 1.82) is 5.26 Å². The number of nitrogens with zero attached hydrogens (tertiary/aromatic N) is 1. The molecule has 0 atom stereocenters. The molecule has 2 amide bonds. The van der Waals surface area contributed by atoms with Crippen LogP contribution in [0.4, 0.5) is 5.69 Å². The molecule has 0 unspecified atom stereocenters. The third-order valence-corrected chi connectivity index (χ3v) is 5.54. The Balaban J connectivity index is 1.66. The number of hydrogen-bond donors (Lipinski definition) is 3. The third-order valence-electron chi connectivity index (χ3n) is 5.54. The van der Waals surface area contributed by atoms with Gasteiger partial charge in [-0.05, 0) is 56.0 Å². The number of hydrogen-bond acceptors (Lipinski definition) is 4. The molecule has 7 heteroatoms. The molecule has 0 saturated carbocycles. The van der Waals surface area contributed by atoms with Gasteiger partial charge in [0, 0.05) is 18.7 Å². The molecule has 3 rings (SSSR count). The van der Waals surface area contributed by atoms with Gasteiger partial charge in [-0.25, -0.2) is 0 Å². The van der Waals surface area contributed by atoms with Gasteiger partial charge in [-0.2, -0.15) is 5.26 Å². The second-order valence-corrected chi connectivity index (χ2v) is 7.93. The Bertz CT molecular complexity index is 1280. The van der Waals surface area contributed by atoms with Crippen LogP contribution in [0.25, 0.3) is 0 Å². The molecular weight excluding hydrogens is 416 g/mol. The van der Waals surface area contributed by atoms with Crippen molar-refractivity contribution in [3.63, 3.8) is 0 Å². The largest absolute Gasteiger partial charge is 0.348 e. The van der Waals surface area contributed by atoms with E-state index in [1.54, 1.807) is 38.1 Å². The monoisotopic (exact) mass is 442 g/mol. The van der Waals surface area contributed by atoms with Crippen LogP contribution in [0.5, 0.6) is 0 Å². The van der Waals surface area contributed by atoms with Crippen molar-refractivity contribution in [2.24, 2.45) is 0 Å². The van der Waals surface area contributed by atoms with E-state index in [-0.39, 0.29) is 23.8 Å². The normalized spacial score (nSPS) is 10.4. The van der Waals surface area contributed by atoms with Crippen molar-refractivity contribution >= 4 is 17.5 Å². The molecule has 7 nitrogen and oxygen atoms in total. The Morgan fingerprint density at radius 3 is 2.42 bits per heavy atom. The number of anilines is 1. The molecule has 0 fully saturated rings. The average molecular weight is 443 g/mol. The fraction of sp³-hybridized carbons (Fsp3) is 0.231. The van der Waals surface area contributed by atoms with Crippen molar-refractivity contribution < 1.29 is 9.59 Å².